The minimum atomic E-state index is 0.127. The summed E-state index contributed by atoms with van der Waals surface area (Å²) in [6.45, 7) is 6.21. The number of carbonyl (C=O) groups excluding carboxylic acids is 1. The first-order chi connectivity index (χ1) is 14.3. The number of nitrogens with zero attached hydrogens (tertiary/aromatic N) is 2. The first kappa shape index (κ1) is 19.7. The number of piperazine rings is 1. The average molecular weight is 396 g/mol. The fourth-order valence-corrected chi connectivity index (χ4v) is 3.83. The van der Waals surface area contributed by atoms with Crippen LogP contribution in [0.15, 0.2) is 48.5 Å². The molecule has 1 saturated heterocycles. The van der Waals surface area contributed by atoms with E-state index in [2.05, 4.69) is 51.5 Å². The van der Waals surface area contributed by atoms with Crippen molar-refractivity contribution in [1.82, 2.24) is 15.1 Å². The number of hydrogen-bond donors (Lipinski definition) is 1. The number of nitrogens with one attached hydrogen (secondary N) is 1. The maximum Gasteiger partial charge on any atom is 0.234 e. The zero-order valence-corrected chi connectivity index (χ0v) is 16.8. The lowest BCUT2D eigenvalue weighted by atomic mass is 10.1. The molecule has 0 aliphatic carbocycles. The fourth-order valence-electron chi connectivity index (χ4n) is 3.83. The van der Waals surface area contributed by atoms with Crippen molar-refractivity contribution in [3.05, 3.63) is 59.7 Å². The predicted octanol–water partition coefficient (Wildman–Crippen LogP) is 2.28. The van der Waals surface area contributed by atoms with Crippen molar-refractivity contribution in [2.45, 2.75) is 19.4 Å². The molecule has 0 bridgehead atoms. The molecular weight excluding hydrogens is 366 g/mol. The van der Waals surface area contributed by atoms with E-state index < -0.39 is 0 Å². The van der Waals surface area contributed by atoms with Crippen molar-refractivity contribution in [2.75, 3.05) is 46.1 Å². The summed E-state index contributed by atoms with van der Waals surface area (Å²) in [4.78, 5) is 16.9. The quantitative estimate of drug-likeness (QED) is 0.695. The molecule has 0 spiro atoms. The van der Waals surface area contributed by atoms with E-state index >= 15 is 0 Å². The van der Waals surface area contributed by atoms with E-state index in [0.29, 0.717) is 13.3 Å². The Kier molecular flexibility index (Phi) is 6.64. The number of aryl methyl sites for hydroxylation is 1. The topological polar surface area (TPSA) is 54.0 Å². The Labute approximate surface area is 172 Å². The Morgan fingerprint density at radius 3 is 2.48 bits per heavy atom. The van der Waals surface area contributed by atoms with Crippen LogP contribution in [0.25, 0.3) is 0 Å². The molecule has 0 saturated carbocycles. The first-order valence-corrected chi connectivity index (χ1v) is 10.4. The summed E-state index contributed by atoms with van der Waals surface area (Å²) < 4.78 is 10.8. The van der Waals surface area contributed by atoms with Gasteiger partial charge in [-0.15, -0.1) is 0 Å². The van der Waals surface area contributed by atoms with E-state index in [0.717, 1.165) is 63.6 Å². The van der Waals surface area contributed by atoms with Gasteiger partial charge in [-0.3, -0.25) is 14.6 Å². The van der Waals surface area contributed by atoms with Crippen LogP contribution in [0, 0.1) is 0 Å². The Morgan fingerprint density at radius 2 is 1.66 bits per heavy atom. The third-order valence-corrected chi connectivity index (χ3v) is 5.48. The molecule has 2 heterocycles. The highest BCUT2D eigenvalue weighted by Crippen LogP contribution is 2.32. The van der Waals surface area contributed by atoms with Crippen LogP contribution in [0.5, 0.6) is 11.5 Å². The lowest BCUT2D eigenvalue weighted by molar-refractivity contribution is -0.122. The molecule has 29 heavy (non-hydrogen) atoms. The monoisotopic (exact) mass is 395 g/mol. The van der Waals surface area contributed by atoms with E-state index in [1.165, 1.54) is 11.1 Å². The number of benzene rings is 2. The van der Waals surface area contributed by atoms with Crippen LogP contribution in [-0.2, 0) is 17.8 Å². The Balaban J connectivity index is 1.12. The second-order valence-electron chi connectivity index (χ2n) is 7.68. The largest absolute Gasteiger partial charge is 0.454 e. The van der Waals surface area contributed by atoms with Gasteiger partial charge in [0.05, 0.1) is 6.54 Å². The Morgan fingerprint density at radius 1 is 0.897 bits per heavy atom. The second-order valence-corrected chi connectivity index (χ2v) is 7.68. The van der Waals surface area contributed by atoms with Gasteiger partial charge in [0.25, 0.3) is 0 Å². The number of fused-ring (bicyclic) bond motifs is 1. The zero-order valence-electron chi connectivity index (χ0n) is 16.8. The molecular formula is C23H29N3O3. The SMILES string of the molecule is O=C(CN1CCN(Cc2ccc3c(c2)OCO3)CC1)NCCCc1ccccc1. The first-order valence-electron chi connectivity index (χ1n) is 10.4. The van der Waals surface area contributed by atoms with E-state index in [4.69, 9.17) is 9.47 Å². The average Bonchev–Trinajstić information content (AvgIpc) is 3.21. The normalized spacial score (nSPS) is 16.7. The molecule has 1 fully saturated rings. The molecule has 2 aliphatic rings. The van der Waals surface area contributed by atoms with Crippen molar-refractivity contribution < 1.29 is 14.3 Å². The van der Waals surface area contributed by atoms with Crippen molar-refractivity contribution in [3.63, 3.8) is 0 Å². The smallest absolute Gasteiger partial charge is 0.234 e. The summed E-state index contributed by atoms with van der Waals surface area (Å²) in [7, 11) is 0. The van der Waals surface area contributed by atoms with Gasteiger partial charge < -0.3 is 14.8 Å². The summed E-state index contributed by atoms with van der Waals surface area (Å²) in [5, 5.41) is 3.06. The second kappa shape index (κ2) is 9.76. The van der Waals surface area contributed by atoms with Crippen LogP contribution in [0.3, 0.4) is 0 Å². The van der Waals surface area contributed by atoms with Crippen LogP contribution in [-0.4, -0.2) is 61.8 Å². The Hall–Kier alpha value is -2.57. The highest BCUT2D eigenvalue weighted by atomic mass is 16.7. The van der Waals surface area contributed by atoms with Gasteiger partial charge >= 0.3 is 0 Å². The molecule has 6 nitrogen and oxygen atoms in total. The van der Waals surface area contributed by atoms with Crippen molar-refractivity contribution in [1.29, 1.82) is 0 Å². The van der Waals surface area contributed by atoms with E-state index in [9.17, 15) is 4.79 Å². The lowest BCUT2D eigenvalue weighted by Crippen LogP contribution is -2.49. The van der Waals surface area contributed by atoms with Crippen LogP contribution < -0.4 is 14.8 Å². The predicted molar refractivity (Wildman–Crippen MR) is 112 cm³/mol. The van der Waals surface area contributed by atoms with Gasteiger partial charge in [0.1, 0.15) is 0 Å². The third kappa shape index (κ3) is 5.71. The molecule has 1 amide bonds. The molecule has 2 aromatic carbocycles. The lowest BCUT2D eigenvalue weighted by Gasteiger charge is -2.34. The van der Waals surface area contributed by atoms with Crippen LogP contribution >= 0.6 is 0 Å². The number of carbonyl (C=O) groups is 1. The van der Waals surface area contributed by atoms with E-state index in [1.54, 1.807) is 0 Å². The maximum atomic E-state index is 12.2. The van der Waals surface area contributed by atoms with E-state index in [1.807, 2.05) is 12.1 Å². The van der Waals surface area contributed by atoms with Crippen molar-refractivity contribution >= 4 is 5.91 Å². The third-order valence-electron chi connectivity index (χ3n) is 5.48. The molecule has 154 valence electrons. The number of rotatable bonds is 8. The van der Waals surface area contributed by atoms with Crippen molar-refractivity contribution in [3.8, 4) is 11.5 Å². The van der Waals surface area contributed by atoms with Crippen molar-refractivity contribution in [2.24, 2.45) is 0 Å². The van der Waals surface area contributed by atoms with Gasteiger partial charge in [-0.2, -0.15) is 0 Å². The summed E-state index contributed by atoms with van der Waals surface area (Å²) in [6.07, 6.45) is 1.97. The standard InChI is InChI=1S/C23H29N3O3/c27-23(24-10-4-7-19-5-2-1-3-6-19)17-26-13-11-25(12-14-26)16-20-8-9-21-22(15-20)29-18-28-21/h1-3,5-6,8-9,15H,4,7,10-14,16-18H2,(H,24,27). The highest BCUT2D eigenvalue weighted by Gasteiger charge is 2.20. The summed E-state index contributed by atoms with van der Waals surface area (Å²) in [6, 6.07) is 16.5. The molecule has 2 aliphatic heterocycles. The molecule has 1 N–H and O–H groups in total. The molecule has 4 rings (SSSR count). The zero-order chi connectivity index (χ0) is 19.9. The van der Waals surface area contributed by atoms with Gasteiger partial charge in [-0.05, 0) is 36.1 Å². The minimum absolute atomic E-state index is 0.127. The molecule has 0 radical (unpaired) electrons. The van der Waals surface area contributed by atoms with Gasteiger partial charge in [0.2, 0.25) is 12.7 Å². The fraction of sp³-hybridized carbons (Fsp3) is 0.435. The van der Waals surface area contributed by atoms with Crippen LogP contribution in [0.1, 0.15) is 17.5 Å². The van der Waals surface area contributed by atoms with Gasteiger partial charge in [-0.1, -0.05) is 36.4 Å². The number of ether oxygens (including phenoxy) is 2. The summed E-state index contributed by atoms with van der Waals surface area (Å²) in [5.74, 6) is 1.79. The van der Waals surface area contributed by atoms with E-state index in [-0.39, 0.29) is 5.91 Å². The maximum absolute atomic E-state index is 12.2. The van der Waals surface area contributed by atoms with Gasteiger partial charge in [0, 0.05) is 39.3 Å². The Bertz CT molecular complexity index is 804. The van der Waals surface area contributed by atoms with Crippen LogP contribution in [0.2, 0.25) is 0 Å². The molecule has 0 unspecified atom stereocenters. The summed E-state index contributed by atoms with van der Waals surface area (Å²) >= 11 is 0. The molecule has 0 aromatic heterocycles. The number of hydrogen-bond acceptors (Lipinski definition) is 5. The molecule has 6 heteroatoms. The highest BCUT2D eigenvalue weighted by molar-refractivity contribution is 5.78. The minimum Gasteiger partial charge on any atom is -0.454 e. The van der Waals surface area contributed by atoms with Gasteiger partial charge in [0.15, 0.2) is 11.5 Å². The van der Waals surface area contributed by atoms with Gasteiger partial charge in [-0.25, -0.2) is 0 Å². The molecule has 2 aromatic rings. The summed E-state index contributed by atoms with van der Waals surface area (Å²) in [5.41, 5.74) is 2.55. The molecule has 0 atom stereocenters. The van der Waals surface area contributed by atoms with Crippen LogP contribution in [0.4, 0.5) is 0 Å². The number of amides is 1.